The fourth-order valence-electron chi connectivity index (χ4n) is 2.69. The molecule has 1 aromatic carbocycles. The lowest BCUT2D eigenvalue weighted by molar-refractivity contribution is -0.128. The van der Waals surface area contributed by atoms with Gasteiger partial charge in [-0.15, -0.1) is 0 Å². The number of rotatable bonds is 6. The first-order chi connectivity index (χ1) is 10.1. The Labute approximate surface area is 125 Å². The van der Waals surface area contributed by atoms with Crippen LogP contribution in [0.5, 0.6) is 0 Å². The highest BCUT2D eigenvalue weighted by molar-refractivity contribution is 5.78. The van der Waals surface area contributed by atoms with Crippen LogP contribution in [0.15, 0.2) is 29.4 Å². The second-order valence-electron chi connectivity index (χ2n) is 5.82. The van der Waals surface area contributed by atoms with E-state index in [0.29, 0.717) is 26.1 Å². The Balaban J connectivity index is 1.98. The monoisotopic (exact) mass is 287 g/mol. The molecule has 0 saturated carbocycles. The molecule has 21 heavy (non-hydrogen) atoms. The van der Waals surface area contributed by atoms with Gasteiger partial charge in [0, 0.05) is 37.5 Å². The van der Waals surface area contributed by atoms with E-state index in [0.717, 1.165) is 12.1 Å². The molecule has 1 atom stereocenters. The van der Waals surface area contributed by atoms with Crippen LogP contribution in [0.25, 0.3) is 10.4 Å². The summed E-state index contributed by atoms with van der Waals surface area (Å²) in [7, 11) is 4.08. The smallest absolute Gasteiger partial charge is 0.223 e. The van der Waals surface area contributed by atoms with Crippen molar-refractivity contribution in [2.45, 2.75) is 19.5 Å². The van der Waals surface area contributed by atoms with Crippen LogP contribution in [0.1, 0.15) is 17.5 Å². The topological polar surface area (TPSA) is 72.3 Å². The maximum absolute atomic E-state index is 12.0. The predicted octanol–water partition coefficient (Wildman–Crippen LogP) is 2.41. The van der Waals surface area contributed by atoms with Gasteiger partial charge in [-0.3, -0.25) is 4.79 Å². The summed E-state index contributed by atoms with van der Waals surface area (Å²) < 4.78 is 0. The van der Waals surface area contributed by atoms with Crippen molar-refractivity contribution in [3.05, 3.63) is 45.8 Å². The lowest BCUT2D eigenvalue weighted by Crippen LogP contribution is -2.25. The van der Waals surface area contributed by atoms with E-state index in [1.807, 2.05) is 31.1 Å². The van der Waals surface area contributed by atoms with Gasteiger partial charge in [0.05, 0.1) is 0 Å². The zero-order valence-corrected chi connectivity index (χ0v) is 12.6. The molecule has 1 fully saturated rings. The molecule has 0 N–H and O–H groups in total. The summed E-state index contributed by atoms with van der Waals surface area (Å²) in [6.45, 7) is 2.60. The second-order valence-corrected chi connectivity index (χ2v) is 5.82. The Morgan fingerprint density at radius 3 is 2.90 bits per heavy atom. The van der Waals surface area contributed by atoms with Crippen LogP contribution >= 0.6 is 0 Å². The van der Waals surface area contributed by atoms with Crippen LogP contribution in [-0.4, -0.2) is 42.9 Å². The van der Waals surface area contributed by atoms with E-state index in [4.69, 9.17) is 5.53 Å². The summed E-state index contributed by atoms with van der Waals surface area (Å²) in [6.07, 6.45) is 0.483. The molecule has 1 unspecified atom stereocenters. The maximum atomic E-state index is 12.0. The van der Waals surface area contributed by atoms with Crippen LogP contribution in [0.3, 0.4) is 0 Å². The molecule has 0 radical (unpaired) electrons. The highest BCUT2D eigenvalue weighted by Gasteiger charge is 2.28. The van der Waals surface area contributed by atoms with Gasteiger partial charge in [-0.25, -0.2) is 0 Å². The number of nitrogens with zero attached hydrogens (tertiary/aromatic N) is 5. The highest BCUT2D eigenvalue weighted by atomic mass is 16.2. The number of amides is 1. The molecule has 1 saturated heterocycles. The van der Waals surface area contributed by atoms with Gasteiger partial charge in [0.25, 0.3) is 0 Å². The summed E-state index contributed by atoms with van der Waals surface area (Å²) >= 11 is 0. The van der Waals surface area contributed by atoms with E-state index in [1.165, 1.54) is 5.56 Å². The Morgan fingerprint density at radius 2 is 2.19 bits per heavy atom. The quantitative estimate of drug-likeness (QED) is 0.458. The van der Waals surface area contributed by atoms with Crippen molar-refractivity contribution < 1.29 is 4.79 Å². The first kappa shape index (κ1) is 15.4. The molecule has 6 nitrogen and oxygen atoms in total. The summed E-state index contributed by atoms with van der Waals surface area (Å²) in [5.74, 6) is 0.296. The van der Waals surface area contributed by atoms with Crippen LogP contribution in [0.4, 0.5) is 0 Å². The van der Waals surface area contributed by atoms with E-state index in [2.05, 4.69) is 27.1 Å². The summed E-state index contributed by atoms with van der Waals surface area (Å²) in [5.41, 5.74) is 10.7. The Hall–Kier alpha value is -2.04. The fourth-order valence-corrected chi connectivity index (χ4v) is 2.69. The molecule has 1 amide bonds. The predicted molar refractivity (Wildman–Crippen MR) is 81.4 cm³/mol. The van der Waals surface area contributed by atoms with E-state index in [9.17, 15) is 4.79 Å². The number of hydrogen-bond acceptors (Lipinski definition) is 3. The van der Waals surface area contributed by atoms with Gasteiger partial charge in [0.1, 0.15) is 0 Å². The van der Waals surface area contributed by atoms with Crippen LogP contribution in [-0.2, 0) is 17.9 Å². The van der Waals surface area contributed by atoms with Gasteiger partial charge < -0.3 is 9.80 Å². The SMILES string of the molecule is CN(C)Cc1cccc(CN2CC(CN=[N+]=[N-])CC2=O)c1. The third-order valence-electron chi connectivity index (χ3n) is 3.56. The number of carbonyl (C=O) groups excluding carboxylic acids is 1. The first-order valence-electron chi connectivity index (χ1n) is 7.09. The van der Waals surface area contributed by atoms with Gasteiger partial charge in [-0.2, -0.15) is 0 Å². The minimum Gasteiger partial charge on any atom is -0.338 e. The van der Waals surface area contributed by atoms with E-state index in [1.54, 1.807) is 0 Å². The highest BCUT2D eigenvalue weighted by Crippen LogP contribution is 2.21. The summed E-state index contributed by atoms with van der Waals surface area (Å²) in [4.78, 5) is 18.7. The fraction of sp³-hybridized carbons (Fsp3) is 0.533. The third kappa shape index (κ3) is 4.48. The number of benzene rings is 1. The lowest BCUT2D eigenvalue weighted by Gasteiger charge is -2.17. The minimum atomic E-state index is 0.145. The van der Waals surface area contributed by atoms with Gasteiger partial charge in [0.15, 0.2) is 0 Å². The summed E-state index contributed by atoms with van der Waals surface area (Å²) in [6, 6.07) is 8.33. The number of azide groups is 1. The largest absolute Gasteiger partial charge is 0.338 e. The summed E-state index contributed by atoms with van der Waals surface area (Å²) in [5, 5.41) is 3.57. The molecule has 0 bridgehead atoms. The van der Waals surface area contributed by atoms with Crippen molar-refractivity contribution in [3.63, 3.8) is 0 Å². The number of hydrogen-bond donors (Lipinski definition) is 0. The molecule has 112 valence electrons. The van der Waals surface area contributed by atoms with Crippen molar-refractivity contribution in [2.75, 3.05) is 27.2 Å². The molecular weight excluding hydrogens is 266 g/mol. The molecule has 1 aromatic rings. The van der Waals surface area contributed by atoms with Gasteiger partial charge in [-0.1, -0.05) is 29.4 Å². The molecule has 0 aromatic heterocycles. The number of carbonyl (C=O) groups is 1. The van der Waals surface area contributed by atoms with Crippen LogP contribution in [0, 0.1) is 5.92 Å². The second kappa shape index (κ2) is 7.11. The third-order valence-corrected chi connectivity index (χ3v) is 3.56. The van der Waals surface area contributed by atoms with Crippen LogP contribution in [0.2, 0.25) is 0 Å². The molecule has 2 rings (SSSR count). The maximum Gasteiger partial charge on any atom is 0.223 e. The molecule has 0 spiro atoms. The van der Waals surface area contributed by atoms with Gasteiger partial charge in [-0.05, 0) is 36.7 Å². The molecule has 6 heteroatoms. The van der Waals surface area contributed by atoms with Crippen LogP contribution < -0.4 is 0 Å². The lowest BCUT2D eigenvalue weighted by atomic mass is 10.1. The zero-order valence-electron chi connectivity index (χ0n) is 12.6. The van der Waals surface area contributed by atoms with E-state index < -0.39 is 0 Å². The molecular formula is C15H21N5O. The molecule has 1 aliphatic heterocycles. The average molecular weight is 287 g/mol. The average Bonchev–Trinajstić information content (AvgIpc) is 2.76. The van der Waals surface area contributed by atoms with Crippen molar-refractivity contribution in [1.29, 1.82) is 0 Å². The van der Waals surface area contributed by atoms with Crippen molar-refractivity contribution >= 4 is 5.91 Å². The first-order valence-corrected chi connectivity index (χ1v) is 7.09. The van der Waals surface area contributed by atoms with Crippen molar-refractivity contribution in [2.24, 2.45) is 11.0 Å². The zero-order chi connectivity index (χ0) is 15.2. The molecule has 0 aliphatic carbocycles. The Morgan fingerprint density at radius 1 is 1.43 bits per heavy atom. The Kier molecular flexibility index (Phi) is 5.20. The van der Waals surface area contributed by atoms with E-state index >= 15 is 0 Å². The van der Waals surface area contributed by atoms with Gasteiger partial charge >= 0.3 is 0 Å². The Bertz CT molecular complexity index is 551. The van der Waals surface area contributed by atoms with Gasteiger partial charge in [0.2, 0.25) is 5.91 Å². The van der Waals surface area contributed by atoms with Crippen molar-refractivity contribution in [1.82, 2.24) is 9.80 Å². The van der Waals surface area contributed by atoms with E-state index in [-0.39, 0.29) is 11.8 Å². The minimum absolute atomic E-state index is 0.145. The molecule has 1 aliphatic rings. The van der Waals surface area contributed by atoms with Crippen molar-refractivity contribution in [3.8, 4) is 0 Å². The number of likely N-dealkylation sites (tertiary alicyclic amines) is 1. The normalized spacial score (nSPS) is 18.1. The molecule has 1 heterocycles. The standard InChI is InChI=1S/C15H21N5O/c1-19(2)9-12-4-3-5-13(6-12)10-20-11-14(7-15(20)21)8-17-18-16/h3-6,14H,7-11H2,1-2H3.